The van der Waals surface area contributed by atoms with Crippen LogP contribution in [-0.2, 0) is 18.2 Å². The van der Waals surface area contributed by atoms with Gasteiger partial charge in [-0.2, -0.15) is 0 Å². The summed E-state index contributed by atoms with van der Waals surface area (Å²) in [7, 11) is -5.73. The lowest BCUT2D eigenvalue weighted by atomic mass is 9.99. The van der Waals surface area contributed by atoms with Gasteiger partial charge in [-0.3, -0.25) is 4.57 Å². The minimum absolute atomic E-state index is 0.332. The van der Waals surface area contributed by atoms with Crippen LogP contribution in [0.3, 0.4) is 0 Å². The molecular formula is C10H22O4P2. The van der Waals surface area contributed by atoms with Crippen LogP contribution in [0.5, 0.6) is 0 Å². The molecule has 6 heteroatoms. The van der Waals surface area contributed by atoms with Crippen LogP contribution in [0.2, 0.25) is 0 Å². The lowest BCUT2D eigenvalue weighted by molar-refractivity contribution is 0.191. The van der Waals surface area contributed by atoms with Crippen LogP contribution in [0.15, 0.2) is 0 Å². The molecule has 1 saturated carbocycles. The first-order chi connectivity index (χ1) is 7.33. The van der Waals surface area contributed by atoms with E-state index in [2.05, 4.69) is 0 Å². The largest absolute Gasteiger partial charge is 0.344 e. The molecule has 1 rings (SSSR count). The monoisotopic (exact) mass is 268 g/mol. The van der Waals surface area contributed by atoms with Crippen LogP contribution in [0.4, 0.5) is 0 Å². The summed E-state index contributed by atoms with van der Waals surface area (Å²) in [4.78, 5) is -0.716. The van der Waals surface area contributed by atoms with Crippen molar-refractivity contribution in [3.63, 3.8) is 0 Å². The van der Waals surface area contributed by atoms with Gasteiger partial charge in [-0.05, 0) is 40.0 Å². The quantitative estimate of drug-likeness (QED) is 0.688. The summed E-state index contributed by atoms with van der Waals surface area (Å²) in [6.45, 7) is 7.62. The Labute approximate surface area is 98.0 Å². The Morgan fingerprint density at radius 1 is 1.06 bits per heavy atom. The molecule has 0 aromatic carbocycles. The fourth-order valence-electron chi connectivity index (χ4n) is 2.22. The fraction of sp³-hybridized carbons (Fsp3) is 1.00. The first-order valence-corrected chi connectivity index (χ1v) is 9.91. The Kier molecular flexibility index (Phi) is 4.46. The lowest BCUT2D eigenvalue weighted by Gasteiger charge is -2.47. The van der Waals surface area contributed by atoms with Crippen molar-refractivity contribution < 1.29 is 18.2 Å². The normalized spacial score (nSPS) is 20.5. The number of rotatable bonds is 6. The molecule has 0 N–H and O–H groups in total. The van der Waals surface area contributed by atoms with Crippen molar-refractivity contribution in [3.05, 3.63) is 0 Å². The maximum Gasteiger partial charge on any atom is 0.344 e. The van der Waals surface area contributed by atoms with E-state index in [9.17, 15) is 9.13 Å². The molecule has 0 saturated heterocycles. The summed E-state index contributed by atoms with van der Waals surface area (Å²) in [6, 6.07) is 0. The van der Waals surface area contributed by atoms with Gasteiger partial charge in [0, 0.05) is 0 Å². The third kappa shape index (κ3) is 2.18. The summed E-state index contributed by atoms with van der Waals surface area (Å²) < 4.78 is 35.9. The van der Waals surface area contributed by atoms with E-state index >= 15 is 0 Å². The third-order valence-corrected chi connectivity index (χ3v) is 10.6. The van der Waals surface area contributed by atoms with E-state index < -0.39 is 19.6 Å². The first kappa shape index (κ1) is 14.4. The van der Waals surface area contributed by atoms with Crippen molar-refractivity contribution in [3.8, 4) is 0 Å². The predicted octanol–water partition coefficient (Wildman–Crippen LogP) is 3.76. The molecule has 0 radical (unpaired) electrons. The van der Waals surface area contributed by atoms with Crippen molar-refractivity contribution >= 4 is 14.7 Å². The van der Waals surface area contributed by atoms with E-state index in [4.69, 9.17) is 9.05 Å². The Balaban J connectivity index is 3.09. The van der Waals surface area contributed by atoms with Gasteiger partial charge in [-0.15, -0.1) is 0 Å². The van der Waals surface area contributed by atoms with Gasteiger partial charge in [0.1, 0.15) is 4.90 Å². The van der Waals surface area contributed by atoms with Crippen molar-refractivity contribution in [2.45, 2.75) is 38.0 Å². The zero-order valence-corrected chi connectivity index (χ0v) is 12.4. The molecule has 0 bridgehead atoms. The minimum Gasteiger partial charge on any atom is -0.323 e. The van der Waals surface area contributed by atoms with Crippen molar-refractivity contribution in [2.75, 3.05) is 26.5 Å². The van der Waals surface area contributed by atoms with Gasteiger partial charge in [-0.25, -0.2) is 0 Å². The maximum absolute atomic E-state index is 12.7. The highest BCUT2D eigenvalue weighted by Crippen LogP contribution is 2.81. The van der Waals surface area contributed by atoms with Crippen molar-refractivity contribution in [1.82, 2.24) is 0 Å². The van der Waals surface area contributed by atoms with Gasteiger partial charge in [-0.1, -0.05) is 6.42 Å². The zero-order chi connectivity index (χ0) is 12.4. The van der Waals surface area contributed by atoms with E-state index in [1.54, 1.807) is 27.2 Å². The second kappa shape index (κ2) is 4.94. The van der Waals surface area contributed by atoms with Crippen LogP contribution in [-0.4, -0.2) is 31.4 Å². The minimum atomic E-state index is -3.24. The molecule has 1 aliphatic carbocycles. The van der Waals surface area contributed by atoms with Gasteiger partial charge in [0.2, 0.25) is 0 Å². The highest BCUT2D eigenvalue weighted by molar-refractivity contribution is 7.78. The molecule has 0 amide bonds. The standard InChI is InChI=1S/C10H22O4P2/c1-5-13-16(12,14-6-2)10(8-7-9-10)15(3,4)11/h5-9H2,1-4H3. The second-order valence-electron chi connectivity index (χ2n) is 4.52. The van der Waals surface area contributed by atoms with Crippen LogP contribution >= 0.6 is 14.7 Å². The Morgan fingerprint density at radius 3 is 1.69 bits per heavy atom. The maximum atomic E-state index is 12.7. The average Bonchev–Trinajstić information content (AvgIpc) is 1.98. The van der Waals surface area contributed by atoms with E-state index in [0.717, 1.165) is 6.42 Å². The predicted molar refractivity (Wildman–Crippen MR) is 66.9 cm³/mol. The smallest absolute Gasteiger partial charge is 0.323 e. The summed E-state index contributed by atoms with van der Waals surface area (Å²) in [5, 5.41) is 0. The molecule has 0 heterocycles. The molecule has 0 aliphatic heterocycles. The average molecular weight is 268 g/mol. The topological polar surface area (TPSA) is 52.6 Å². The Morgan fingerprint density at radius 2 is 1.50 bits per heavy atom. The summed E-state index contributed by atoms with van der Waals surface area (Å²) >= 11 is 0. The zero-order valence-electron chi connectivity index (χ0n) is 10.6. The van der Waals surface area contributed by atoms with Gasteiger partial charge in [0.05, 0.1) is 20.4 Å². The molecule has 0 unspecified atom stereocenters. The third-order valence-electron chi connectivity index (χ3n) is 3.26. The van der Waals surface area contributed by atoms with Gasteiger partial charge in [0.25, 0.3) is 0 Å². The van der Waals surface area contributed by atoms with E-state index in [1.807, 2.05) is 0 Å². The Hall–Kier alpha value is 0.380. The highest BCUT2D eigenvalue weighted by atomic mass is 31.2. The van der Waals surface area contributed by atoms with Crippen LogP contribution in [0, 0.1) is 0 Å². The molecule has 96 valence electrons. The summed E-state index contributed by atoms with van der Waals surface area (Å²) in [5.74, 6) is 0. The van der Waals surface area contributed by atoms with E-state index in [0.29, 0.717) is 26.1 Å². The van der Waals surface area contributed by atoms with Crippen LogP contribution < -0.4 is 0 Å². The molecule has 0 aromatic rings. The number of hydrogen-bond acceptors (Lipinski definition) is 4. The SMILES string of the molecule is CCOP(=O)(OCC)C1(P(C)(C)=O)CCC1. The van der Waals surface area contributed by atoms with Gasteiger partial charge < -0.3 is 13.6 Å². The van der Waals surface area contributed by atoms with Crippen LogP contribution in [0.25, 0.3) is 0 Å². The van der Waals surface area contributed by atoms with Gasteiger partial charge >= 0.3 is 7.60 Å². The highest BCUT2D eigenvalue weighted by Gasteiger charge is 2.61. The molecule has 1 fully saturated rings. The van der Waals surface area contributed by atoms with Crippen molar-refractivity contribution in [1.29, 1.82) is 0 Å². The summed E-state index contributed by atoms with van der Waals surface area (Å²) in [5.41, 5.74) is 0. The first-order valence-electron chi connectivity index (χ1n) is 5.77. The van der Waals surface area contributed by atoms with Crippen LogP contribution in [0.1, 0.15) is 33.1 Å². The molecule has 4 nitrogen and oxygen atoms in total. The second-order valence-corrected chi connectivity index (χ2v) is 10.8. The molecule has 0 aromatic heterocycles. The molecule has 0 atom stereocenters. The molecule has 16 heavy (non-hydrogen) atoms. The lowest BCUT2D eigenvalue weighted by Crippen LogP contribution is -2.37. The fourth-order valence-corrected chi connectivity index (χ4v) is 8.42. The molecule has 1 aliphatic rings. The van der Waals surface area contributed by atoms with E-state index in [1.165, 1.54) is 0 Å². The molecular weight excluding hydrogens is 246 g/mol. The number of hydrogen-bond donors (Lipinski definition) is 0. The summed E-state index contributed by atoms with van der Waals surface area (Å²) in [6.07, 6.45) is 2.33. The molecule has 0 spiro atoms. The Bertz CT molecular complexity index is 320. The van der Waals surface area contributed by atoms with Crippen molar-refractivity contribution in [2.24, 2.45) is 0 Å². The van der Waals surface area contributed by atoms with E-state index in [-0.39, 0.29) is 0 Å². The van der Waals surface area contributed by atoms with Gasteiger partial charge in [0.15, 0.2) is 0 Å².